The molecule has 0 bridgehead atoms. The molecule has 17 heavy (non-hydrogen) atoms. The molecule has 0 unspecified atom stereocenters. The van der Waals surface area contributed by atoms with Crippen molar-refractivity contribution in [3.8, 4) is 0 Å². The van der Waals surface area contributed by atoms with Gasteiger partial charge in [-0.15, -0.1) is 0 Å². The molecule has 1 saturated carbocycles. The van der Waals surface area contributed by atoms with Gasteiger partial charge in [-0.3, -0.25) is 4.79 Å². The molecule has 2 atom stereocenters. The Kier molecular flexibility index (Phi) is 3.69. The summed E-state index contributed by atoms with van der Waals surface area (Å²) in [6.45, 7) is 7.55. The molecule has 1 aliphatic carbocycles. The van der Waals surface area contributed by atoms with E-state index in [-0.39, 0.29) is 17.4 Å². The molecular formula is C12H22N2O3. The molecule has 2 amide bonds. The Morgan fingerprint density at radius 1 is 1.41 bits per heavy atom. The molecule has 1 rings (SSSR count). The van der Waals surface area contributed by atoms with Crippen LogP contribution in [0.1, 0.15) is 47.0 Å². The number of nitrogens with one attached hydrogen (secondary N) is 1. The Morgan fingerprint density at radius 3 is 2.41 bits per heavy atom. The van der Waals surface area contributed by atoms with Crippen molar-refractivity contribution in [2.45, 2.75) is 58.6 Å². The number of carbonyl (C=O) groups excluding carboxylic acids is 2. The predicted octanol–water partition coefficient (Wildman–Crippen LogP) is 1.56. The number of carbonyl (C=O) groups is 2. The highest BCUT2D eigenvalue weighted by atomic mass is 16.6. The number of primary amides is 1. The molecule has 5 heteroatoms. The van der Waals surface area contributed by atoms with Crippen LogP contribution in [0.5, 0.6) is 0 Å². The van der Waals surface area contributed by atoms with E-state index in [1.54, 1.807) is 0 Å². The first-order valence-electron chi connectivity index (χ1n) is 5.92. The highest BCUT2D eigenvalue weighted by Gasteiger charge is 2.50. The van der Waals surface area contributed by atoms with E-state index in [4.69, 9.17) is 10.5 Å². The second-order valence-electron chi connectivity index (χ2n) is 5.81. The highest BCUT2D eigenvalue weighted by molar-refractivity contribution is 5.73. The van der Waals surface area contributed by atoms with E-state index >= 15 is 0 Å². The summed E-state index contributed by atoms with van der Waals surface area (Å²) in [5.41, 5.74) is 4.38. The Bertz CT molecular complexity index is 322. The van der Waals surface area contributed by atoms with E-state index in [0.717, 1.165) is 12.8 Å². The molecule has 5 nitrogen and oxygen atoms in total. The normalized spacial score (nSPS) is 28.8. The zero-order chi connectivity index (χ0) is 13.3. The Morgan fingerprint density at radius 2 is 2.00 bits per heavy atom. The SMILES string of the molecule is CC(=O)N[C@H]1CC[C@@](OC(N)=O)(C(C)(C)C)C1. The second kappa shape index (κ2) is 4.55. The largest absolute Gasteiger partial charge is 0.442 e. The molecule has 0 saturated heterocycles. The predicted molar refractivity (Wildman–Crippen MR) is 64.3 cm³/mol. The van der Waals surface area contributed by atoms with Gasteiger partial charge in [-0.2, -0.15) is 0 Å². The summed E-state index contributed by atoms with van der Waals surface area (Å²) in [4.78, 5) is 22.1. The summed E-state index contributed by atoms with van der Waals surface area (Å²) in [6, 6.07) is 0.0612. The van der Waals surface area contributed by atoms with Crippen molar-refractivity contribution >= 4 is 12.0 Å². The van der Waals surface area contributed by atoms with E-state index in [1.807, 2.05) is 20.8 Å². The highest BCUT2D eigenvalue weighted by Crippen LogP contribution is 2.46. The number of hydrogen-bond acceptors (Lipinski definition) is 3. The Hall–Kier alpha value is -1.26. The van der Waals surface area contributed by atoms with Crippen LogP contribution in [0.15, 0.2) is 0 Å². The summed E-state index contributed by atoms with van der Waals surface area (Å²) in [7, 11) is 0. The number of nitrogens with two attached hydrogens (primary N) is 1. The van der Waals surface area contributed by atoms with Crippen molar-refractivity contribution in [1.82, 2.24) is 5.32 Å². The average molecular weight is 242 g/mol. The second-order valence-corrected chi connectivity index (χ2v) is 5.81. The summed E-state index contributed by atoms with van der Waals surface area (Å²) < 4.78 is 5.36. The molecule has 1 fully saturated rings. The Labute approximate surface area is 102 Å². The van der Waals surface area contributed by atoms with Crippen LogP contribution in [0.4, 0.5) is 4.79 Å². The van der Waals surface area contributed by atoms with Gasteiger partial charge in [0.1, 0.15) is 5.60 Å². The van der Waals surface area contributed by atoms with Crippen LogP contribution in [0.2, 0.25) is 0 Å². The van der Waals surface area contributed by atoms with Crippen LogP contribution in [-0.4, -0.2) is 23.6 Å². The van der Waals surface area contributed by atoms with Gasteiger partial charge in [-0.05, 0) is 12.8 Å². The summed E-state index contributed by atoms with van der Waals surface area (Å²) in [6.07, 6.45) is 1.41. The van der Waals surface area contributed by atoms with Crippen molar-refractivity contribution in [2.24, 2.45) is 11.1 Å². The minimum atomic E-state index is -0.747. The van der Waals surface area contributed by atoms with Gasteiger partial charge in [0.15, 0.2) is 0 Å². The van der Waals surface area contributed by atoms with E-state index in [0.29, 0.717) is 6.42 Å². The summed E-state index contributed by atoms with van der Waals surface area (Å²) >= 11 is 0. The molecule has 0 heterocycles. The summed E-state index contributed by atoms with van der Waals surface area (Å²) in [5, 5.41) is 2.87. The number of amides is 2. The van der Waals surface area contributed by atoms with Gasteiger partial charge in [-0.1, -0.05) is 20.8 Å². The number of hydrogen-bond donors (Lipinski definition) is 2. The summed E-state index contributed by atoms with van der Waals surface area (Å²) in [5.74, 6) is -0.0567. The molecule has 0 aromatic rings. The fourth-order valence-corrected chi connectivity index (χ4v) is 2.54. The lowest BCUT2D eigenvalue weighted by Gasteiger charge is -2.40. The quantitative estimate of drug-likeness (QED) is 0.771. The van der Waals surface area contributed by atoms with Gasteiger partial charge < -0.3 is 15.8 Å². The van der Waals surface area contributed by atoms with Crippen molar-refractivity contribution < 1.29 is 14.3 Å². The average Bonchev–Trinajstić information content (AvgIpc) is 2.45. The number of ether oxygens (including phenoxy) is 1. The third kappa shape index (κ3) is 3.11. The van der Waals surface area contributed by atoms with Gasteiger partial charge in [0, 0.05) is 24.8 Å². The van der Waals surface area contributed by atoms with Crippen molar-refractivity contribution in [3.63, 3.8) is 0 Å². The van der Waals surface area contributed by atoms with E-state index in [9.17, 15) is 9.59 Å². The first kappa shape index (κ1) is 13.8. The molecule has 0 aromatic carbocycles. The van der Waals surface area contributed by atoms with Gasteiger partial charge in [0.2, 0.25) is 5.91 Å². The minimum Gasteiger partial charge on any atom is -0.442 e. The maximum atomic E-state index is 11.0. The lowest BCUT2D eigenvalue weighted by molar-refractivity contribution is -0.119. The molecule has 1 aliphatic rings. The third-order valence-electron chi connectivity index (χ3n) is 3.54. The molecule has 0 radical (unpaired) electrons. The van der Waals surface area contributed by atoms with Crippen molar-refractivity contribution in [3.05, 3.63) is 0 Å². The lowest BCUT2D eigenvalue weighted by atomic mass is 9.75. The van der Waals surface area contributed by atoms with Crippen molar-refractivity contribution in [2.75, 3.05) is 0 Å². The first-order valence-corrected chi connectivity index (χ1v) is 5.92. The van der Waals surface area contributed by atoms with Gasteiger partial charge in [-0.25, -0.2) is 4.79 Å². The molecule has 0 aliphatic heterocycles. The molecule has 3 N–H and O–H groups in total. The van der Waals surface area contributed by atoms with Gasteiger partial charge in [0.25, 0.3) is 0 Å². The van der Waals surface area contributed by atoms with Crippen LogP contribution >= 0.6 is 0 Å². The van der Waals surface area contributed by atoms with Gasteiger partial charge in [0.05, 0.1) is 0 Å². The molecule has 98 valence electrons. The van der Waals surface area contributed by atoms with Crippen LogP contribution < -0.4 is 11.1 Å². The fraction of sp³-hybridized carbons (Fsp3) is 0.833. The standard InChI is InChI=1S/C12H22N2O3/c1-8(15)14-9-5-6-12(7-9,11(2,3)4)17-10(13)16/h9H,5-7H2,1-4H3,(H2,13,16)(H,14,15)/t9-,12-/m0/s1. The number of rotatable bonds is 2. The van der Waals surface area contributed by atoms with E-state index in [1.165, 1.54) is 6.92 Å². The van der Waals surface area contributed by atoms with Crippen LogP contribution in [0.3, 0.4) is 0 Å². The van der Waals surface area contributed by atoms with Gasteiger partial charge >= 0.3 is 6.09 Å². The Balaban J connectivity index is 2.82. The molecule has 0 spiro atoms. The monoisotopic (exact) mass is 242 g/mol. The topological polar surface area (TPSA) is 81.4 Å². The third-order valence-corrected chi connectivity index (χ3v) is 3.54. The maximum Gasteiger partial charge on any atom is 0.405 e. The van der Waals surface area contributed by atoms with Crippen LogP contribution in [0.25, 0.3) is 0 Å². The van der Waals surface area contributed by atoms with Crippen LogP contribution in [-0.2, 0) is 9.53 Å². The van der Waals surface area contributed by atoms with Crippen LogP contribution in [0, 0.1) is 5.41 Å². The minimum absolute atomic E-state index is 0.0567. The van der Waals surface area contributed by atoms with Crippen molar-refractivity contribution in [1.29, 1.82) is 0 Å². The molecular weight excluding hydrogens is 220 g/mol. The fourth-order valence-electron chi connectivity index (χ4n) is 2.54. The smallest absolute Gasteiger partial charge is 0.405 e. The zero-order valence-corrected chi connectivity index (χ0v) is 11.0. The molecule has 0 aromatic heterocycles. The lowest BCUT2D eigenvalue weighted by Crippen LogP contribution is -2.47. The first-order chi connectivity index (χ1) is 7.66. The van der Waals surface area contributed by atoms with E-state index < -0.39 is 11.7 Å². The van der Waals surface area contributed by atoms with E-state index in [2.05, 4.69) is 5.32 Å². The maximum absolute atomic E-state index is 11.0. The zero-order valence-electron chi connectivity index (χ0n) is 11.0.